The Morgan fingerprint density at radius 3 is 2.77 bits per heavy atom. The number of hydrogen-bond acceptors (Lipinski definition) is 6. The average Bonchev–Trinajstić information content (AvgIpc) is 3.21. The van der Waals surface area contributed by atoms with Crippen molar-refractivity contribution in [3.63, 3.8) is 0 Å². The third-order valence-electron chi connectivity index (χ3n) is 6.57. The number of ether oxygens (including phenoxy) is 3. The molecule has 2 N–H and O–H groups in total. The predicted molar refractivity (Wildman–Crippen MR) is 115 cm³/mol. The largest absolute Gasteiger partial charge is 0.508 e. The highest BCUT2D eigenvalue weighted by Gasteiger charge is 2.41. The molecule has 2 aliphatic rings. The van der Waals surface area contributed by atoms with E-state index in [2.05, 4.69) is 14.1 Å². The van der Waals surface area contributed by atoms with Crippen LogP contribution in [0.4, 0.5) is 0 Å². The van der Waals surface area contributed by atoms with Gasteiger partial charge in [-0.1, -0.05) is 6.07 Å². The molecule has 0 aromatic heterocycles. The van der Waals surface area contributed by atoms with E-state index in [1.165, 1.54) is 0 Å². The number of carbonyl (C=O) groups excluding carboxylic acids is 1. The van der Waals surface area contributed by atoms with Crippen molar-refractivity contribution in [2.75, 3.05) is 34.5 Å². The molecule has 2 aromatic rings. The zero-order valence-corrected chi connectivity index (χ0v) is 18.3. The van der Waals surface area contributed by atoms with Gasteiger partial charge in [0.05, 0.1) is 40.8 Å². The summed E-state index contributed by atoms with van der Waals surface area (Å²) >= 11 is 0. The Labute approximate surface area is 182 Å². The molecule has 0 bridgehead atoms. The number of aliphatic hydroxyl groups is 1. The van der Waals surface area contributed by atoms with Crippen molar-refractivity contribution in [2.45, 2.75) is 38.3 Å². The SMILES string of the molecule is COc1ccc(CCC(=O)CC2c3c(cc4c(c3CO)OCO4)CC[N+]2(C)C)c(O)c1. The fourth-order valence-electron chi connectivity index (χ4n) is 4.70. The third kappa shape index (κ3) is 4.07. The van der Waals surface area contributed by atoms with E-state index < -0.39 is 0 Å². The van der Waals surface area contributed by atoms with Crippen molar-refractivity contribution in [1.82, 2.24) is 0 Å². The minimum atomic E-state index is -0.153. The number of phenolic OH excluding ortho intramolecular Hbond substituents is 1. The number of ketones is 1. The number of benzene rings is 2. The molecule has 31 heavy (non-hydrogen) atoms. The molecule has 2 heterocycles. The number of hydrogen-bond donors (Lipinski definition) is 2. The van der Waals surface area contributed by atoms with Crippen LogP contribution in [0.5, 0.6) is 23.0 Å². The first-order valence-electron chi connectivity index (χ1n) is 10.6. The van der Waals surface area contributed by atoms with Gasteiger partial charge < -0.3 is 28.9 Å². The molecule has 0 saturated heterocycles. The van der Waals surface area contributed by atoms with E-state index in [1.54, 1.807) is 25.3 Å². The Kier molecular flexibility index (Phi) is 5.81. The Hall–Kier alpha value is -2.77. The summed E-state index contributed by atoms with van der Waals surface area (Å²) in [7, 11) is 5.80. The van der Waals surface area contributed by atoms with Crippen LogP contribution in [0.3, 0.4) is 0 Å². The molecular weight excluding hydrogens is 398 g/mol. The van der Waals surface area contributed by atoms with E-state index in [4.69, 9.17) is 14.2 Å². The van der Waals surface area contributed by atoms with Crippen LogP contribution in [0.2, 0.25) is 0 Å². The number of rotatable bonds is 7. The van der Waals surface area contributed by atoms with Crippen LogP contribution < -0.4 is 14.2 Å². The first-order chi connectivity index (χ1) is 14.8. The highest BCUT2D eigenvalue weighted by molar-refractivity contribution is 5.79. The summed E-state index contributed by atoms with van der Waals surface area (Å²) < 4.78 is 17.0. The summed E-state index contributed by atoms with van der Waals surface area (Å²) in [5.41, 5.74) is 3.60. The monoisotopic (exact) mass is 428 g/mol. The van der Waals surface area contributed by atoms with Gasteiger partial charge in [0.25, 0.3) is 0 Å². The maximum Gasteiger partial charge on any atom is 0.231 e. The molecule has 2 aliphatic heterocycles. The number of carbonyl (C=O) groups is 1. The van der Waals surface area contributed by atoms with Crippen molar-refractivity contribution in [1.29, 1.82) is 0 Å². The topological polar surface area (TPSA) is 85.2 Å². The zero-order chi connectivity index (χ0) is 22.2. The van der Waals surface area contributed by atoms with E-state index in [9.17, 15) is 15.0 Å². The van der Waals surface area contributed by atoms with Gasteiger partial charge in [0.2, 0.25) is 6.79 Å². The van der Waals surface area contributed by atoms with Gasteiger partial charge in [-0.3, -0.25) is 4.79 Å². The van der Waals surface area contributed by atoms with E-state index >= 15 is 0 Å². The number of quaternary nitrogens is 1. The Morgan fingerprint density at radius 2 is 2.06 bits per heavy atom. The third-order valence-corrected chi connectivity index (χ3v) is 6.57. The Balaban J connectivity index is 1.56. The van der Waals surface area contributed by atoms with Crippen LogP contribution in [0, 0.1) is 0 Å². The lowest BCUT2D eigenvalue weighted by Crippen LogP contribution is -2.49. The van der Waals surface area contributed by atoms with E-state index in [0.717, 1.165) is 35.2 Å². The van der Waals surface area contributed by atoms with Gasteiger partial charge in [0, 0.05) is 30.0 Å². The van der Waals surface area contributed by atoms with Crippen molar-refractivity contribution in [3.05, 3.63) is 46.5 Å². The zero-order valence-electron chi connectivity index (χ0n) is 18.3. The fourth-order valence-corrected chi connectivity index (χ4v) is 4.70. The van der Waals surface area contributed by atoms with E-state index in [1.807, 2.05) is 6.07 Å². The van der Waals surface area contributed by atoms with Crippen LogP contribution in [0.15, 0.2) is 24.3 Å². The summed E-state index contributed by atoms with van der Waals surface area (Å²) in [5.74, 6) is 2.13. The highest BCUT2D eigenvalue weighted by atomic mass is 16.7. The van der Waals surface area contributed by atoms with Crippen LogP contribution in [-0.4, -0.2) is 55.0 Å². The predicted octanol–water partition coefficient (Wildman–Crippen LogP) is 2.89. The number of aryl methyl sites for hydroxylation is 1. The fraction of sp³-hybridized carbons (Fsp3) is 0.458. The number of likely N-dealkylation sites (N-methyl/N-ethyl adjacent to an activating group) is 1. The van der Waals surface area contributed by atoms with Crippen LogP contribution >= 0.6 is 0 Å². The summed E-state index contributed by atoms with van der Waals surface area (Å²) in [6.45, 7) is 0.895. The summed E-state index contributed by atoms with van der Waals surface area (Å²) in [6, 6.07) is 7.07. The lowest BCUT2D eigenvalue weighted by atomic mass is 9.83. The lowest BCUT2D eigenvalue weighted by Gasteiger charge is -2.43. The number of Topliss-reactive ketones (excluding diaryl/α,β-unsaturated/α-hetero) is 1. The summed E-state index contributed by atoms with van der Waals surface area (Å²) in [6.07, 6.45) is 2.03. The van der Waals surface area contributed by atoms with Gasteiger partial charge in [0.1, 0.15) is 23.3 Å². The molecule has 7 nitrogen and oxygen atoms in total. The second-order valence-electron chi connectivity index (χ2n) is 8.83. The van der Waals surface area contributed by atoms with Gasteiger partial charge in [-0.05, 0) is 29.7 Å². The molecule has 4 rings (SSSR count). The normalized spacial score (nSPS) is 18.5. The molecule has 0 amide bonds. The molecular formula is C24H30NO6+. The molecule has 7 heteroatoms. The summed E-state index contributed by atoms with van der Waals surface area (Å²) in [4.78, 5) is 13.0. The number of nitrogens with zero attached hydrogens (tertiary/aromatic N) is 1. The number of aliphatic hydroxyl groups excluding tert-OH is 1. The Morgan fingerprint density at radius 1 is 1.26 bits per heavy atom. The van der Waals surface area contributed by atoms with Crippen molar-refractivity contribution >= 4 is 5.78 Å². The molecule has 0 aliphatic carbocycles. The van der Waals surface area contributed by atoms with Crippen LogP contribution in [0.25, 0.3) is 0 Å². The van der Waals surface area contributed by atoms with Gasteiger partial charge in [-0.25, -0.2) is 0 Å². The summed E-state index contributed by atoms with van der Waals surface area (Å²) in [5, 5.41) is 20.3. The highest BCUT2D eigenvalue weighted by Crippen LogP contribution is 2.47. The maximum absolute atomic E-state index is 13.0. The number of methoxy groups -OCH3 is 1. The molecule has 0 radical (unpaired) electrons. The van der Waals surface area contributed by atoms with Crippen molar-refractivity contribution < 1.29 is 33.7 Å². The lowest BCUT2D eigenvalue weighted by molar-refractivity contribution is -0.922. The number of phenols is 1. The minimum absolute atomic E-state index is 0.0719. The molecule has 2 aromatic carbocycles. The van der Waals surface area contributed by atoms with Gasteiger partial charge >= 0.3 is 0 Å². The maximum atomic E-state index is 13.0. The molecule has 1 unspecified atom stereocenters. The van der Waals surface area contributed by atoms with Crippen molar-refractivity contribution in [2.24, 2.45) is 0 Å². The second-order valence-corrected chi connectivity index (χ2v) is 8.83. The number of aromatic hydroxyl groups is 1. The Bertz CT molecular complexity index is 1000. The second kappa shape index (κ2) is 8.40. The van der Waals surface area contributed by atoms with Crippen LogP contribution in [-0.2, 0) is 24.2 Å². The van der Waals surface area contributed by atoms with Gasteiger partial charge in [-0.2, -0.15) is 0 Å². The molecule has 0 spiro atoms. The average molecular weight is 429 g/mol. The quantitative estimate of drug-likeness (QED) is 0.660. The van der Waals surface area contributed by atoms with E-state index in [0.29, 0.717) is 41.0 Å². The first kappa shape index (κ1) is 21.5. The van der Waals surface area contributed by atoms with Gasteiger partial charge in [0.15, 0.2) is 11.5 Å². The van der Waals surface area contributed by atoms with E-state index in [-0.39, 0.29) is 31.0 Å². The van der Waals surface area contributed by atoms with Gasteiger partial charge in [-0.15, -0.1) is 0 Å². The van der Waals surface area contributed by atoms with Crippen LogP contribution in [0.1, 0.15) is 41.1 Å². The standard InChI is InChI=1S/C24H29NO6/c1-25(2)9-8-16-10-22-24(31-14-30-22)19(13-26)23(16)20(25)11-17(27)6-4-15-5-7-18(29-3)12-21(15)28/h5,7,10,12,20,26H,4,6,8-9,11,13-14H2,1-3H3/p+1. The first-order valence-corrected chi connectivity index (χ1v) is 10.6. The minimum Gasteiger partial charge on any atom is -0.508 e. The molecule has 0 fully saturated rings. The van der Waals surface area contributed by atoms with Crippen molar-refractivity contribution in [3.8, 4) is 23.0 Å². The smallest absolute Gasteiger partial charge is 0.231 e. The molecule has 0 saturated carbocycles. The number of fused-ring (bicyclic) bond motifs is 2. The molecule has 166 valence electrons. The molecule has 1 atom stereocenters.